The summed E-state index contributed by atoms with van der Waals surface area (Å²) in [6.45, 7) is 4.01. The number of likely N-dealkylation sites (tertiary alicyclic amines) is 2. The van der Waals surface area contributed by atoms with Crippen LogP contribution in [0.25, 0.3) is 0 Å². The van der Waals surface area contributed by atoms with Crippen LogP contribution in [0.1, 0.15) is 31.7 Å². The van der Waals surface area contributed by atoms with E-state index in [9.17, 15) is 19.1 Å². The summed E-state index contributed by atoms with van der Waals surface area (Å²) in [5.74, 6) is -0.352. The molecule has 1 aromatic rings. The third-order valence-corrected chi connectivity index (χ3v) is 5.44. The summed E-state index contributed by atoms with van der Waals surface area (Å²) in [4.78, 5) is 27.9. The molecule has 3 rings (SSSR count). The largest absolute Gasteiger partial charge is 0.389 e. The number of rotatable bonds is 4. The highest BCUT2D eigenvalue weighted by Crippen LogP contribution is 2.27. The summed E-state index contributed by atoms with van der Waals surface area (Å²) in [6.07, 6.45) is 1.63. The summed E-state index contributed by atoms with van der Waals surface area (Å²) in [6, 6.07) is 5.72. The van der Waals surface area contributed by atoms with Crippen molar-refractivity contribution in [1.29, 1.82) is 0 Å². The molecule has 2 heterocycles. The minimum atomic E-state index is -1.01. The minimum Gasteiger partial charge on any atom is -0.389 e. The van der Waals surface area contributed by atoms with Gasteiger partial charge in [0.25, 0.3) is 0 Å². The molecule has 2 aliphatic rings. The Morgan fingerprint density at radius 2 is 2.00 bits per heavy atom. The lowest BCUT2D eigenvalue weighted by Gasteiger charge is -2.38. The van der Waals surface area contributed by atoms with Gasteiger partial charge >= 0.3 is 6.03 Å². The van der Waals surface area contributed by atoms with Gasteiger partial charge in [0.1, 0.15) is 11.9 Å². The molecule has 2 saturated heterocycles. The monoisotopic (exact) mass is 363 g/mol. The third kappa shape index (κ3) is 3.98. The predicted octanol–water partition coefficient (Wildman–Crippen LogP) is 1.53. The number of aliphatic hydroxyl groups is 1. The molecule has 6 nitrogen and oxygen atoms in total. The van der Waals surface area contributed by atoms with Crippen molar-refractivity contribution in [2.24, 2.45) is 0 Å². The first-order valence-electron chi connectivity index (χ1n) is 9.22. The standard InChI is InChI=1S/C19H26FN3O3/c1-2-22-10-7-16(17(22)24)21-18(25)23-11-8-19(26,9-12-23)13-14-5-3-4-6-15(14)20/h3-6,16,26H,2,7-13H2,1H3,(H,21,25). The van der Waals surface area contributed by atoms with E-state index >= 15 is 0 Å². The quantitative estimate of drug-likeness (QED) is 0.852. The first-order chi connectivity index (χ1) is 12.4. The normalized spacial score (nSPS) is 22.6. The number of amides is 3. The Hall–Kier alpha value is -2.15. The van der Waals surface area contributed by atoms with Crippen LogP contribution in [0.15, 0.2) is 24.3 Å². The van der Waals surface area contributed by atoms with Crippen LogP contribution in [0.5, 0.6) is 0 Å². The SMILES string of the molecule is CCN1CCC(NC(=O)N2CCC(O)(Cc3ccccc3F)CC2)C1=O. The number of nitrogens with zero attached hydrogens (tertiary/aromatic N) is 2. The average Bonchev–Trinajstić information content (AvgIpc) is 2.97. The number of urea groups is 1. The molecular weight excluding hydrogens is 337 g/mol. The summed E-state index contributed by atoms with van der Waals surface area (Å²) in [5, 5.41) is 13.6. The molecule has 1 unspecified atom stereocenters. The maximum atomic E-state index is 13.8. The van der Waals surface area contributed by atoms with Gasteiger partial charge in [0.2, 0.25) is 5.91 Å². The van der Waals surface area contributed by atoms with Crippen molar-refractivity contribution < 1.29 is 19.1 Å². The molecule has 0 radical (unpaired) electrons. The summed E-state index contributed by atoms with van der Waals surface area (Å²) in [7, 11) is 0. The van der Waals surface area contributed by atoms with Crippen LogP contribution < -0.4 is 5.32 Å². The average molecular weight is 363 g/mol. The molecule has 2 N–H and O–H groups in total. The highest BCUT2D eigenvalue weighted by Gasteiger charge is 2.37. The maximum Gasteiger partial charge on any atom is 0.318 e. The van der Waals surface area contributed by atoms with E-state index in [1.807, 2.05) is 6.92 Å². The highest BCUT2D eigenvalue weighted by atomic mass is 19.1. The molecule has 1 aromatic carbocycles. The second-order valence-corrected chi connectivity index (χ2v) is 7.19. The Bertz CT molecular complexity index is 674. The van der Waals surface area contributed by atoms with Crippen LogP contribution in [-0.4, -0.2) is 64.7 Å². The molecule has 0 aliphatic carbocycles. The summed E-state index contributed by atoms with van der Waals surface area (Å²) in [5.41, 5.74) is -0.523. The van der Waals surface area contributed by atoms with Crippen LogP contribution in [-0.2, 0) is 11.2 Å². The molecule has 0 spiro atoms. The zero-order valence-corrected chi connectivity index (χ0v) is 15.1. The van der Waals surface area contributed by atoms with Crippen LogP contribution in [0, 0.1) is 5.82 Å². The van der Waals surface area contributed by atoms with Gasteiger partial charge in [-0.15, -0.1) is 0 Å². The minimum absolute atomic E-state index is 0.0334. The number of halogens is 1. The Labute approximate surface area is 153 Å². The lowest BCUT2D eigenvalue weighted by Crippen LogP contribution is -2.53. The smallest absolute Gasteiger partial charge is 0.318 e. The molecule has 2 aliphatic heterocycles. The number of benzene rings is 1. The maximum absolute atomic E-state index is 13.8. The van der Waals surface area contributed by atoms with Crippen molar-refractivity contribution in [2.75, 3.05) is 26.2 Å². The first kappa shape index (κ1) is 18.6. The number of carbonyl (C=O) groups excluding carboxylic acids is 2. The molecular formula is C19H26FN3O3. The Kier molecular flexibility index (Phi) is 5.46. The predicted molar refractivity (Wildman–Crippen MR) is 95.1 cm³/mol. The van der Waals surface area contributed by atoms with E-state index < -0.39 is 11.6 Å². The van der Waals surface area contributed by atoms with Crippen LogP contribution >= 0.6 is 0 Å². The van der Waals surface area contributed by atoms with Gasteiger partial charge in [-0.1, -0.05) is 18.2 Å². The summed E-state index contributed by atoms with van der Waals surface area (Å²) < 4.78 is 13.8. The number of likely N-dealkylation sites (N-methyl/N-ethyl adjacent to an activating group) is 1. The zero-order valence-electron chi connectivity index (χ0n) is 15.1. The zero-order chi connectivity index (χ0) is 18.7. The van der Waals surface area contributed by atoms with Crippen molar-refractivity contribution >= 4 is 11.9 Å². The van der Waals surface area contributed by atoms with E-state index in [1.165, 1.54) is 6.07 Å². The van der Waals surface area contributed by atoms with Gasteiger partial charge in [0, 0.05) is 32.6 Å². The van der Waals surface area contributed by atoms with Crippen LogP contribution in [0.2, 0.25) is 0 Å². The van der Waals surface area contributed by atoms with Crippen molar-refractivity contribution in [3.05, 3.63) is 35.6 Å². The third-order valence-electron chi connectivity index (χ3n) is 5.44. The number of hydrogen-bond acceptors (Lipinski definition) is 3. The summed E-state index contributed by atoms with van der Waals surface area (Å²) >= 11 is 0. The Morgan fingerprint density at radius 3 is 2.62 bits per heavy atom. The van der Waals surface area contributed by atoms with E-state index in [-0.39, 0.29) is 24.2 Å². The molecule has 142 valence electrons. The second-order valence-electron chi connectivity index (χ2n) is 7.19. The number of nitrogens with one attached hydrogen (secondary N) is 1. The van der Waals surface area contributed by atoms with Gasteiger partial charge in [-0.05, 0) is 37.8 Å². The van der Waals surface area contributed by atoms with Crippen molar-refractivity contribution in [1.82, 2.24) is 15.1 Å². The molecule has 2 fully saturated rings. The Balaban J connectivity index is 1.52. The van der Waals surface area contributed by atoms with E-state index in [2.05, 4.69) is 5.32 Å². The fourth-order valence-corrected chi connectivity index (χ4v) is 3.73. The van der Waals surface area contributed by atoms with E-state index in [1.54, 1.807) is 28.0 Å². The fourth-order valence-electron chi connectivity index (χ4n) is 3.73. The molecule has 0 bridgehead atoms. The van der Waals surface area contributed by atoms with Crippen molar-refractivity contribution in [3.63, 3.8) is 0 Å². The lowest BCUT2D eigenvalue weighted by molar-refractivity contribution is -0.129. The molecule has 26 heavy (non-hydrogen) atoms. The van der Waals surface area contributed by atoms with Gasteiger partial charge in [0.05, 0.1) is 5.60 Å². The van der Waals surface area contributed by atoms with E-state index in [0.717, 1.165) is 0 Å². The van der Waals surface area contributed by atoms with E-state index in [4.69, 9.17) is 0 Å². The molecule has 1 atom stereocenters. The fraction of sp³-hybridized carbons (Fsp3) is 0.579. The van der Waals surface area contributed by atoms with Crippen LogP contribution in [0.4, 0.5) is 9.18 Å². The van der Waals surface area contributed by atoms with Gasteiger partial charge in [-0.25, -0.2) is 9.18 Å². The number of carbonyl (C=O) groups is 2. The molecule has 3 amide bonds. The van der Waals surface area contributed by atoms with Crippen molar-refractivity contribution in [2.45, 2.75) is 44.2 Å². The van der Waals surface area contributed by atoms with Gasteiger partial charge < -0.3 is 20.2 Å². The van der Waals surface area contributed by atoms with E-state index in [0.29, 0.717) is 51.0 Å². The number of hydrogen-bond donors (Lipinski definition) is 2. The lowest BCUT2D eigenvalue weighted by atomic mass is 9.85. The topological polar surface area (TPSA) is 72.9 Å². The highest BCUT2D eigenvalue weighted by molar-refractivity contribution is 5.88. The Morgan fingerprint density at radius 1 is 1.31 bits per heavy atom. The molecule has 0 saturated carbocycles. The van der Waals surface area contributed by atoms with Gasteiger partial charge in [0.15, 0.2) is 0 Å². The second kappa shape index (κ2) is 7.61. The first-order valence-corrected chi connectivity index (χ1v) is 9.22. The molecule has 7 heteroatoms. The molecule has 0 aromatic heterocycles. The van der Waals surface area contributed by atoms with Gasteiger partial charge in [-0.2, -0.15) is 0 Å². The number of piperidine rings is 1. The van der Waals surface area contributed by atoms with Crippen molar-refractivity contribution in [3.8, 4) is 0 Å². The van der Waals surface area contributed by atoms with Gasteiger partial charge in [-0.3, -0.25) is 4.79 Å². The van der Waals surface area contributed by atoms with Crippen LogP contribution in [0.3, 0.4) is 0 Å².